The van der Waals surface area contributed by atoms with Crippen molar-refractivity contribution in [3.8, 4) is 5.75 Å². The normalized spacial score (nSPS) is 13.9. The van der Waals surface area contributed by atoms with E-state index < -0.39 is 0 Å². The first-order chi connectivity index (χ1) is 10.3. The van der Waals surface area contributed by atoms with Gasteiger partial charge >= 0.3 is 5.97 Å². The first kappa shape index (κ1) is 13.6. The number of nitrogens with zero attached hydrogens (tertiary/aromatic N) is 1. The Hall–Kier alpha value is -2.42. The predicted molar refractivity (Wildman–Crippen MR) is 82.0 cm³/mol. The zero-order valence-electron chi connectivity index (χ0n) is 11.8. The van der Waals surface area contributed by atoms with E-state index in [1.807, 2.05) is 24.3 Å². The van der Waals surface area contributed by atoms with Gasteiger partial charge in [-0.25, -0.2) is 4.79 Å². The Morgan fingerprint density at radius 2 is 1.90 bits per heavy atom. The quantitative estimate of drug-likeness (QED) is 0.490. The zero-order valence-corrected chi connectivity index (χ0v) is 11.8. The molecule has 0 spiro atoms. The molecule has 1 aliphatic carbocycles. The van der Waals surface area contributed by atoms with Crippen molar-refractivity contribution in [1.29, 1.82) is 0 Å². The van der Waals surface area contributed by atoms with Gasteiger partial charge in [0.15, 0.2) is 0 Å². The Morgan fingerprint density at radius 1 is 1.10 bits per heavy atom. The third-order valence-electron chi connectivity index (χ3n) is 3.68. The molecule has 21 heavy (non-hydrogen) atoms. The summed E-state index contributed by atoms with van der Waals surface area (Å²) in [6.07, 6.45) is 11.0. The number of ether oxygens (including phenoxy) is 1. The summed E-state index contributed by atoms with van der Waals surface area (Å²) in [6.45, 7) is 0. The molecule has 0 aliphatic heterocycles. The van der Waals surface area contributed by atoms with E-state index in [1.54, 1.807) is 18.5 Å². The Morgan fingerprint density at radius 3 is 2.76 bits per heavy atom. The Kier molecular flexibility index (Phi) is 4.10. The molecule has 0 N–H and O–H groups in total. The van der Waals surface area contributed by atoms with Gasteiger partial charge in [-0.05, 0) is 66.6 Å². The topological polar surface area (TPSA) is 39.2 Å². The van der Waals surface area contributed by atoms with E-state index in [2.05, 4.69) is 11.1 Å². The van der Waals surface area contributed by atoms with Crippen LogP contribution in [0.4, 0.5) is 0 Å². The molecule has 3 rings (SSSR count). The maximum Gasteiger partial charge on any atom is 0.336 e. The van der Waals surface area contributed by atoms with Crippen LogP contribution in [0.25, 0.3) is 6.08 Å². The lowest BCUT2D eigenvalue weighted by Gasteiger charge is -2.18. The third-order valence-corrected chi connectivity index (χ3v) is 3.68. The molecule has 0 fully saturated rings. The van der Waals surface area contributed by atoms with Crippen molar-refractivity contribution >= 4 is 12.0 Å². The Labute approximate surface area is 124 Å². The van der Waals surface area contributed by atoms with Crippen LogP contribution >= 0.6 is 0 Å². The minimum Gasteiger partial charge on any atom is -0.423 e. The van der Waals surface area contributed by atoms with Crippen LogP contribution in [0, 0.1) is 0 Å². The number of carbonyl (C=O) groups is 1. The summed E-state index contributed by atoms with van der Waals surface area (Å²) in [6, 6.07) is 9.64. The van der Waals surface area contributed by atoms with Crippen molar-refractivity contribution in [2.45, 2.75) is 25.7 Å². The molecular formula is C18H17NO2. The number of rotatable bonds is 3. The Bertz CT molecular complexity index is 662. The summed E-state index contributed by atoms with van der Waals surface area (Å²) < 4.78 is 5.49. The molecule has 1 aromatic carbocycles. The second-order valence-electron chi connectivity index (χ2n) is 5.14. The molecule has 0 atom stereocenters. The molecule has 0 unspecified atom stereocenters. The average Bonchev–Trinajstić information content (AvgIpc) is 2.54. The number of hydrogen-bond acceptors (Lipinski definition) is 3. The van der Waals surface area contributed by atoms with Crippen LogP contribution < -0.4 is 4.74 Å². The fourth-order valence-electron chi connectivity index (χ4n) is 2.62. The molecule has 0 bridgehead atoms. The SMILES string of the molecule is O=C(/C=C/c1ccncc1)Oc1cccc2c1CCCC2. The van der Waals surface area contributed by atoms with Crippen LogP contribution in [-0.4, -0.2) is 11.0 Å². The maximum atomic E-state index is 11.9. The first-order valence-corrected chi connectivity index (χ1v) is 7.23. The van der Waals surface area contributed by atoms with Gasteiger partial charge in [0.25, 0.3) is 0 Å². The van der Waals surface area contributed by atoms with Gasteiger partial charge in [-0.1, -0.05) is 12.1 Å². The van der Waals surface area contributed by atoms with E-state index in [0.29, 0.717) is 5.75 Å². The number of hydrogen-bond donors (Lipinski definition) is 0. The highest BCUT2D eigenvalue weighted by Gasteiger charge is 2.15. The van der Waals surface area contributed by atoms with Crippen LogP contribution in [0.5, 0.6) is 5.75 Å². The number of fused-ring (bicyclic) bond motifs is 1. The standard InChI is InChI=1S/C18H17NO2/c20-18(9-8-14-10-12-19-13-11-14)21-17-7-3-5-15-4-1-2-6-16(15)17/h3,5,7-13H,1-2,4,6H2/b9-8+. The minimum absolute atomic E-state index is 0.342. The molecule has 0 radical (unpaired) electrons. The van der Waals surface area contributed by atoms with E-state index in [0.717, 1.165) is 24.8 Å². The van der Waals surface area contributed by atoms with Crippen LogP contribution in [-0.2, 0) is 17.6 Å². The number of esters is 1. The molecular weight excluding hydrogens is 262 g/mol. The van der Waals surface area contributed by atoms with Gasteiger partial charge in [-0.2, -0.15) is 0 Å². The summed E-state index contributed by atoms with van der Waals surface area (Å²) >= 11 is 0. The van der Waals surface area contributed by atoms with Crippen LogP contribution in [0.3, 0.4) is 0 Å². The monoisotopic (exact) mass is 279 g/mol. The lowest BCUT2D eigenvalue weighted by atomic mass is 9.91. The molecule has 0 amide bonds. The number of benzene rings is 1. The third kappa shape index (κ3) is 3.37. The van der Waals surface area contributed by atoms with Crippen LogP contribution in [0.1, 0.15) is 29.5 Å². The van der Waals surface area contributed by atoms with Crippen molar-refractivity contribution in [3.63, 3.8) is 0 Å². The largest absolute Gasteiger partial charge is 0.423 e. The van der Waals surface area contributed by atoms with E-state index in [4.69, 9.17) is 4.74 Å². The van der Waals surface area contributed by atoms with Gasteiger partial charge in [0, 0.05) is 18.5 Å². The van der Waals surface area contributed by atoms with Crippen molar-refractivity contribution in [1.82, 2.24) is 4.98 Å². The number of aromatic nitrogens is 1. The summed E-state index contributed by atoms with van der Waals surface area (Å²) in [4.78, 5) is 15.9. The number of pyridine rings is 1. The molecule has 3 nitrogen and oxygen atoms in total. The highest BCUT2D eigenvalue weighted by atomic mass is 16.5. The highest BCUT2D eigenvalue weighted by Crippen LogP contribution is 2.29. The fraction of sp³-hybridized carbons (Fsp3) is 0.222. The van der Waals surface area contributed by atoms with E-state index in [1.165, 1.54) is 23.6 Å². The van der Waals surface area contributed by atoms with Crippen molar-refractivity contribution < 1.29 is 9.53 Å². The number of aryl methyl sites for hydroxylation is 1. The molecule has 1 aliphatic rings. The summed E-state index contributed by atoms with van der Waals surface area (Å²) in [5, 5.41) is 0. The Balaban J connectivity index is 1.72. The van der Waals surface area contributed by atoms with E-state index in [-0.39, 0.29) is 5.97 Å². The van der Waals surface area contributed by atoms with E-state index >= 15 is 0 Å². The molecule has 1 heterocycles. The highest BCUT2D eigenvalue weighted by molar-refractivity contribution is 5.88. The van der Waals surface area contributed by atoms with E-state index in [9.17, 15) is 4.79 Å². The molecule has 0 saturated carbocycles. The molecule has 106 valence electrons. The van der Waals surface area contributed by atoms with Crippen LogP contribution in [0.15, 0.2) is 48.8 Å². The molecule has 3 heteroatoms. The van der Waals surface area contributed by atoms with Gasteiger partial charge < -0.3 is 4.74 Å². The van der Waals surface area contributed by atoms with Gasteiger partial charge in [0.2, 0.25) is 0 Å². The fourth-order valence-corrected chi connectivity index (χ4v) is 2.62. The zero-order chi connectivity index (χ0) is 14.5. The van der Waals surface area contributed by atoms with Gasteiger partial charge in [0.1, 0.15) is 5.75 Å². The van der Waals surface area contributed by atoms with Gasteiger partial charge in [-0.15, -0.1) is 0 Å². The van der Waals surface area contributed by atoms with Gasteiger partial charge in [-0.3, -0.25) is 4.98 Å². The molecule has 2 aromatic rings. The van der Waals surface area contributed by atoms with Gasteiger partial charge in [0.05, 0.1) is 0 Å². The average molecular weight is 279 g/mol. The maximum absolute atomic E-state index is 11.9. The lowest BCUT2D eigenvalue weighted by molar-refractivity contribution is -0.128. The first-order valence-electron chi connectivity index (χ1n) is 7.23. The minimum atomic E-state index is -0.342. The van der Waals surface area contributed by atoms with Crippen molar-refractivity contribution in [2.24, 2.45) is 0 Å². The number of carbonyl (C=O) groups excluding carboxylic acids is 1. The predicted octanol–water partition coefficient (Wildman–Crippen LogP) is 3.58. The second-order valence-corrected chi connectivity index (χ2v) is 5.14. The molecule has 0 saturated heterocycles. The van der Waals surface area contributed by atoms with Crippen molar-refractivity contribution in [3.05, 3.63) is 65.5 Å². The second kappa shape index (κ2) is 6.35. The summed E-state index contributed by atoms with van der Waals surface area (Å²) in [7, 11) is 0. The summed E-state index contributed by atoms with van der Waals surface area (Å²) in [5.41, 5.74) is 3.43. The summed E-state index contributed by atoms with van der Waals surface area (Å²) in [5.74, 6) is 0.363. The smallest absolute Gasteiger partial charge is 0.336 e. The molecule has 1 aromatic heterocycles. The van der Waals surface area contributed by atoms with Crippen molar-refractivity contribution in [2.75, 3.05) is 0 Å². The lowest BCUT2D eigenvalue weighted by Crippen LogP contribution is -2.09. The van der Waals surface area contributed by atoms with Crippen LogP contribution in [0.2, 0.25) is 0 Å².